The first kappa shape index (κ1) is 19.3. The molecule has 24 heavy (non-hydrogen) atoms. The van der Waals surface area contributed by atoms with E-state index in [0.717, 1.165) is 15.0 Å². The Morgan fingerprint density at radius 3 is 2.21 bits per heavy atom. The van der Waals surface area contributed by atoms with E-state index in [9.17, 15) is 15.0 Å². The van der Waals surface area contributed by atoms with Gasteiger partial charge in [0.1, 0.15) is 10.8 Å². The van der Waals surface area contributed by atoms with Gasteiger partial charge >= 0.3 is 5.97 Å². The van der Waals surface area contributed by atoms with Crippen molar-refractivity contribution < 1.29 is 19.7 Å². The van der Waals surface area contributed by atoms with Gasteiger partial charge in [-0.1, -0.05) is 44.0 Å². The average Bonchev–Trinajstić information content (AvgIpc) is 2.83. The Hall–Kier alpha value is -1.01. The van der Waals surface area contributed by atoms with E-state index in [0.29, 0.717) is 5.02 Å². The number of thiophene rings is 1. The molecule has 0 aliphatic carbocycles. The van der Waals surface area contributed by atoms with Gasteiger partial charge in [-0.15, -0.1) is 11.3 Å². The molecule has 1 aromatic heterocycles. The Morgan fingerprint density at radius 2 is 1.75 bits per heavy atom. The summed E-state index contributed by atoms with van der Waals surface area (Å²) < 4.78 is 6.41. The number of hydrogen-bond donors (Lipinski definition) is 2. The maximum absolute atomic E-state index is 11.5. The van der Waals surface area contributed by atoms with E-state index in [1.165, 1.54) is 11.3 Å². The molecule has 7 heteroatoms. The van der Waals surface area contributed by atoms with Gasteiger partial charge in [-0.3, -0.25) is 0 Å². The highest BCUT2D eigenvalue weighted by Crippen LogP contribution is 2.45. The maximum atomic E-state index is 11.5. The van der Waals surface area contributed by atoms with Crippen LogP contribution in [-0.4, -0.2) is 22.3 Å². The molecule has 2 aromatic rings. The predicted molar refractivity (Wildman–Crippen MR) is 98.6 cm³/mol. The second-order valence-electron chi connectivity index (χ2n) is 7.29. The van der Waals surface area contributed by atoms with Crippen LogP contribution in [0.1, 0.15) is 39.5 Å². The number of carboxylic acids is 1. The standard InChI is InChI=1S/C17H20Cl2O4S/c1-16(2,3)14(15(20)21)23-9-6-8-7-10(17(4,5)22)24-13(8)12(19)11(9)18/h6-7,14,22H,1-5H3,(H,20,21). The lowest BCUT2D eigenvalue weighted by Gasteiger charge is -2.28. The van der Waals surface area contributed by atoms with E-state index in [4.69, 9.17) is 27.9 Å². The topological polar surface area (TPSA) is 66.8 Å². The van der Waals surface area contributed by atoms with Crippen molar-refractivity contribution in [2.75, 3.05) is 0 Å². The van der Waals surface area contributed by atoms with E-state index < -0.39 is 23.1 Å². The fourth-order valence-corrected chi connectivity index (χ4v) is 3.86. The molecule has 1 unspecified atom stereocenters. The summed E-state index contributed by atoms with van der Waals surface area (Å²) in [5, 5.41) is 20.8. The zero-order valence-corrected chi connectivity index (χ0v) is 16.4. The van der Waals surface area contributed by atoms with Crippen molar-refractivity contribution in [1.82, 2.24) is 0 Å². The second-order valence-corrected chi connectivity index (χ2v) is 9.10. The minimum atomic E-state index is -1.07. The molecule has 0 fully saturated rings. The van der Waals surface area contributed by atoms with Crippen LogP contribution >= 0.6 is 34.5 Å². The van der Waals surface area contributed by atoms with E-state index in [1.807, 2.05) is 6.07 Å². The van der Waals surface area contributed by atoms with Gasteiger partial charge in [-0.05, 0) is 31.4 Å². The average molecular weight is 391 g/mol. The van der Waals surface area contributed by atoms with Crippen LogP contribution < -0.4 is 4.74 Å². The lowest BCUT2D eigenvalue weighted by atomic mass is 9.89. The monoisotopic (exact) mass is 390 g/mol. The molecule has 1 aromatic carbocycles. The van der Waals surface area contributed by atoms with E-state index in [-0.39, 0.29) is 10.8 Å². The molecule has 0 aliphatic heterocycles. The summed E-state index contributed by atoms with van der Waals surface area (Å²) in [5.41, 5.74) is -1.63. The van der Waals surface area contributed by atoms with Crippen molar-refractivity contribution >= 4 is 50.6 Å². The molecule has 0 saturated heterocycles. The van der Waals surface area contributed by atoms with Gasteiger partial charge in [0.2, 0.25) is 0 Å². The van der Waals surface area contributed by atoms with Crippen LogP contribution in [-0.2, 0) is 10.4 Å². The van der Waals surface area contributed by atoms with Crippen LogP contribution in [0.15, 0.2) is 12.1 Å². The summed E-state index contributed by atoms with van der Waals surface area (Å²) in [4.78, 5) is 12.2. The number of ether oxygens (including phenoxy) is 1. The van der Waals surface area contributed by atoms with E-state index in [2.05, 4.69) is 0 Å². The Kier molecular flexibility index (Phi) is 5.13. The highest BCUT2D eigenvalue weighted by molar-refractivity contribution is 7.20. The third kappa shape index (κ3) is 3.80. The molecule has 0 amide bonds. The lowest BCUT2D eigenvalue weighted by molar-refractivity contribution is -0.150. The number of carbonyl (C=O) groups is 1. The molecule has 0 spiro atoms. The van der Waals surface area contributed by atoms with Gasteiger partial charge in [-0.2, -0.15) is 0 Å². The quantitative estimate of drug-likeness (QED) is 0.741. The Bertz CT molecular complexity index is 784. The summed E-state index contributed by atoms with van der Waals surface area (Å²) >= 11 is 14.0. The van der Waals surface area contributed by atoms with Crippen molar-refractivity contribution in [2.45, 2.75) is 46.3 Å². The van der Waals surface area contributed by atoms with Gasteiger partial charge < -0.3 is 14.9 Å². The molecule has 0 radical (unpaired) electrons. The molecule has 2 rings (SSSR count). The highest BCUT2D eigenvalue weighted by Gasteiger charge is 2.34. The zero-order valence-electron chi connectivity index (χ0n) is 14.1. The summed E-state index contributed by atoms with van der Waals surface area (Å²) in [5.74, 6) is -0.853. The van der Waals surface area contributed by atoms with E-state index in [1.54, 1.807) is 40.7 Å². The molecule has 4 nitrogen and oxygen atoms in total. The summed E-state index contributed by atoms with van der Waals surface area (Å²) in [6, 6.07) is 3.47. The SMILES string of the molecule is CC(C)(O)c1cc2cc(OC(C(=O)O)C(C)(C)C)c(Cl)c(Cl)c2s1. The molecular weight excluding hydrogens is 371 g/mol. The fraction of sp³-hybridized carbons (Fsp3) is 0.471. The summed E-state index contributed by atoms with van der Waals surface area (Å²) in [6.45, 7) is 8.69. The van der Waals surface area contributed by atoms with Gasteiger partial charge in [0.05, 0.1) is 15.3 Å². The zero-order chi connectivity index (χ0) is 18.4. The number of benzene rings is 1. The van der Waals surface area contributed by atoms with Crippen molar-refractivity contribution in [3.05, 3.63) is 27.1 Å². The minimum absolute atomic E-state index is 0.170. The lowest BCUT2D eigenvalue weighted by Crippen LogP contribution is -2.39. The third-order valence-corrected chi connectivity index (χ3v) is 5.96. The Labute approximate surface area is 155 Å². The van der Waals surface area contributed by atoms with Crippen LogP contribution in [0.2, 0.25) is 10.0 Å². The minimum Gasteiger partial charge on any atom is -0.478 e. The Balaban J connectivity index is 2.56. The third-order valence-electron chi connectivity index (χ3n) is 3.51. The van der Waals surface area contributed by atoms with Gasteiger partial charge in [-0.25, -0.2) is 4.79 Å². The first-order valence-corrected chi connectivity index (χ1v) is 8.93. The number of aliphatic carboxylic acids is 1. The molecule has 1 atom stereocenters. The highest BCUT2D eigenvalue weighted by atomic mass is 35.5. The largest absolute Gasteiger partial charge is 0.478 e. The van der Waals surface area contributed by atoms with Crippen molar-refractivity contribution in [2.24, 2.45) is 5.41 Å². The van der Waals surface area contributed by atoms with Crippen molar-refractivity contribution in [1.29, 1.82) is 0 Å². The molecule has 0 aliphatic rings. The molecule has 0 bridgehead atoms. The fourth-order valence-electron chi connectivity index (χ4n) is 2.21. The smallest absolute Gasteiger partial charge is 0.345 e. The Morgan fingerprint density at radius 1 is 1.17 bits per heavy atom. The first-order chi connectivity index (χ1) is 10.8. The number of hydrogen-bond acceptors (Lipinski definition) is 4. The van der Waals surface area contributed by atoms with Gasteiger partial charge in [0.15, 0.2) is 6.10 Å². The predicted octanol–water partition coefficient (Wildman–Crippen LogP) is 5.31. The van der Waals surface area contributed by atoms with Crippen LogP contribution in [0.5, 0.6) is 5.75 Å². The van der Waals surface area contributed by atoms with Crippen molar-refractivity contribution in [3.63, 3.8) is 0 Å². The van der Waals surface area contributed by atoms with Crippen LogP contribution in [0.4, 0.5) is 0 Å². The molecule has 1 heterocycles. The van der Waals surface area contributed by atoms with Crippen LogP contribution in [0.3, 0.4) is 0 Å². The summed E-state index contributed by atoms with van der Waals surface area (Å²) in [6.07, 6.45) is -1.07. The van der Waals surface area contributed by atoms with Gasteiger partial charge in [0, 0.05) is 10.3 Å². The number of halogens is 2. The van der Waals surface area contributed by atoms with Crippen LogP contribution in [0.25, 0.3) is 10.1 Å². The number of rotatable bonds is 4. The first-order valence-electron chi connectivity index (χ1n) is 7.36. The number of aliphatic hydroxyl groups is 1. The molecular formula is C17H20Cl2O4S. The van der Waals surface area contributed by atoms with Gasteiger partial charge in [0.25, 0.3) is 0 Å². The molecule has 0 saturated carbocycles. The molecule has 2 N–H and O–H groups in total. The van der Waals surface area contributed by atoms with E-state index >= 15 is 0 Å². The number of fused-ring (bicyclic) bond motifs is 1. The summed E-state index contributed by atoms with van der Waals surface area (Å²) in [7, 11) is 0. The molecule has 132 valence electrons. The van der Waals surface area contributed by atoms with Crippen molar-refractivity contribution in [3.8, 4) is 5.75 Å². The number of carboxylic acid groups (broad SMARTS) is 1. The van der Waals surface area contributed by atoms with Crippen LogP contribution in [0, 0.1) is 5.41 Å². The maximum Gasteiger partial charge on any atom is 0.345 e. The second kappa shape index (κ2) is 6.37. The normalized spacial score (nSPS) is 14.0.